The number of aliphatic imine (C=N–C) groups is 1. The van der Waals surface area contributed by atoms with Gasteiger partial charge in [0.05, 0.1) is 16.1 Å². The maximum Gasteiger partial charge on any atom is 0.263 e. The van der Waals surface area contributed by atoms with Crippen LogP contribution in [0.15, 0.2) is 34.6 Å². The Hall–Kier alpha value is -2.48. The van der Waals surface area contributed by atoms with Crippen molar-refractivity contribution in [1.82, 2.24) is 4.90 Å². The number of carbonyl (C=O) groups excluding carboxylic acids is 1. The molecule has 5 nitrogen and oxygen atoms in total. The SMILES string of the molecule is NC1=NC2(CCN(C(=O)c3cccs3)CC2)Nc2cc(F)cc(F)c21. The van der Waals surface area contributed by atoms with Crippen molar-refractivity contribution in [1.29, 1.82) is 0 Å². The lowest BCUT2D eigenvalue weighted by Gasteiger charge is -2.42. The standard InChI is InChI=1S/C17H16F2N4OS/c18-10-8-11(19)14-12(9-10)21-17(22-15(14)20)3-5-23(6-4-17)16(24)13-2-1-7-25-13/h1-2,7-9,21H,3-6H2,(H2,20,22). The Kier molecular flexibility index (Phi) is 3.72. The highest BCUT2D eigenvalue weighted by Gasteiger charge is 2.40. The molecular formula is C17H16F2N4OS. The molecule has 1 saturated heterocycles. The Bertz CT molecular complexity index is 858. The van der Waals surface area contributed by atoms with Gasteiger partial charge in [-0.05, 0) is 17.5 Å². The van der Waals surface area contributed by atoms with Crippen molar-refractivity contribution >= 4 is 28.8 Å². The van der Waals surface area contributed by atoms with Gasteiger partial charge in [-0.3, -0.25) is 4.79 Å². The van der Waals surface area contributed by atoms with Crippen LogP contribution in [0.5, 0.6) is 0 Å². The lowest BCUT2D eigenvalue weighted by molar-refractivity contribution is 0.0690. The van der Waals surface area contributed by atoms with Crippen LogP contribution in [0.1, 0.15) is 28.1 Å². The van der Waals surface area contributed by atoms with E-state index in [4.69, 9.17) is 5.73 Å². The maximum atomic E-state index is 14.0. The van der Waals surface area contributed by atoms with Crippen LogP contribution in [-0.2, 0) is 0 Å². The van der Waals surface area contributed by atoms with Crippen molar-refractivity contribution in [3.63, 3.8) is 0 Å². The number of nitrogens with one attached hydrogen (secondary N) is 1. The first-order chi connectivity index (χ1) is 12.0. The van der Waals surface area contributed by atoms with E-state index in [0.29, 0.717) is 36.5 Å². The van der Waals surface area contributed by atoms with E-state index < -0.39 is 17.3 Å². The van der Waals surface area contributed by atoms with Crippen molar-refractivity contribution in [3.05, 3.63) is 51.7 Å². The summed E-state index contributed by atoms with van der Waals surface area (Å²) in [7, 11) is 0. The summed E-state index contributed by atoms with van der Waals surface area (Å²) in [4.78, 5) is 19.4. The smallest absolute Gasteiger partial charge is 0.263 e. The van der Waals surface area contributed by atoms with Gasteiger partial charge in [0.25, 0.3) is 5.91 Å². The summed E-state index contributed by atoms with van der Waals surface area (Å²) < 4.78 is 27.5. The number of piperidine rings is 1. The van der Waals surface area contributed by atoms with Gasteiger partial charge in [-0.2, -0.15) is 0 Å². The van der Waals surface area contributed by atoms with Crippen LogP contribution >= 0.6 is 11.3 Å². The van der Waals surface area contributed by atoms with Gasteiger partial charge in [-0.25, -0.2) is 13.8 Å². The Morgan fingerprint density at radius 1 is 1.32 bits per heavy atom. The van der Waals surface area contributed by atoms with Crippen molar-refractivity contribution in [2.75, 3.05) is 18.4 Å². The first-order valence-electron chi connectivity index (χ1n) is 7.93. The topological polar surface area (TPSA) is 70.7 Å². The Labute approximate surface area is 147 Å². The van der Waals surface area contributed by atoms with E-state index in [-0.39, 0.29) is 17.3 Å². The van der Waals surface area contributed by atoms with E-state index in [1.54, 1.807) is 11.0 Å². The highest BCUT2D eigenvalue weighted by Crippen LogP contribution is 2.35. The van der Waals surface area contributed by atoms with Crippen LogP contribution in [0.25, 0.3) is 0 Å². The van der Waals surface area contributed by atoms with E-state index in [1.165, 1.54) is 17.4 Å². The van der Waals surface area contributed by atoms with Crippen LogP contribution in [-0.4, -0.2) is 35.4 Å². The van der Waals surface area contributed by atoms with E-state index >= 15 is 0 Å². The second kappa shape index (κ2) is 5.80. The van der Waals surface area contributed by atoms with Gasteiger partial charge in [0, 0.05) is 32.0 Å². The summed E-state index contributed by atoms with van der Waals surface area (Å²) in [5.74, 6) is -1.35. The van der Waals surface area contributed by atoms with Gasteiger partial charge < -0.3 is 16.0 Å². The molecule has 0 unspecified atom stereocenters. The largest absolute Gasteiger partial charge is 0.383 e. The summed E-state index contributed by atoms with van der Waals surface area (Å²) in [6.45, 7) is 0.987. The molecule has 2 aliphatic heterocycles. The molecule has 4 rings (SSSR count). The zero-order valence-corrected chi connectivity index (χ0v) is 14.1. The fourth-order valence-electron chi connectivity index (χ4n) is 3.37. The Morgan fingerprint density at radius 2 is 2.08 bits per heavy atom. The number of hydrogen-bond acceptors (Lipinski definition) is 5. The zero-order valence-electron chi connectivity index (χ0n) is 13.3. The van der Waals surface area contributed by atoms with Gasteiger partial charge in [0.15, 0.2) is 0 Å². The van der Waals surface area contributed by atoms with E-state index in [9.17, 15) is 13.6 Å². The minimum absolute atomic E-state index is 0.00454. The van der Waals surface area contributed by atoms with Crippen LogP contribution < -0.4 is 11.1 Å². The van der Waals surface area contributed by atoms with E-state index in [0.717, 1.165) is 6.07 Å². The number of thiophene rings is 1. The fraction of sp³-hybridized carbons (Fsp3) is 0.294. The fourth-order valence-corrected chi connectivity index (χ4v) is 4.06. The second-order valence-corrected chi connectivity index (χ2v) is 7.18. The number of halogens is 2. The lowest BCUT2D eigenvalue weighted by atomic mass is 9.93. The molecule has 2 aliphatic rings. The number of nitrogens with zero attached hydrogens (tertiary/aromatic N) is 2. The van der Waals surface area contributed by atoms with Crippen LogP contribution in [0.3, 0.4) is 0 Å². The molecule has 25 heavy (non-hydrogen) atoms. The molecule has 2 aromatic rings. The van der Waals surface area contributed by atoms with Crippen molar-refractivity contribution in [3.8, 4) is 0 Å². The molecule has 0 saturated carbocycles. The van der Waals surface area contributed by atoms with Crippen LogP contribution in [0.4, 0.5) is 14.5 Å². The lowest BCUT2D eigenvalue weighted by Crippen LogP contribution is -2.52. The molecular weight excluding hydrogens is 346 g/mol. The van der Waals surface area contributed by atoms with Crippen molar-refractivity contribution in [2.45, 2.75) is 18.5 Å². The molecule has 1 spiro atoms. The summed E-state index contributed by atoms with van der Waals surface area (Å²) in [6, 6.07) is 5.67. The number of amidine groups is 1. The van der Waals surface area contributed by atoms with Crippen molar-refractivity contribution in [2.24, 2.45) is 10.7 Å². The zero-order chi connectivity index (χ0) is 17.6. The highest BCUT2D eigenvalue weighted by molar-refractivity contribution is 7.12. The summed E-state index contributed by atoms with van der Waals surface area (Å²) in [6.07, 6.45) is 1.03. The number of anilines is 1. The molecule has 1 aromatic heterocycles. The molecule has 8 heteroatoms. The molecule has 0 bridgehead atoms. The predicted octanol–water partition coefficient (Wildman–Crippen LogP) is 2.79. The first kappa shape index (κ1) is 16.0. The first-order valence-corrected chi connectivity index (χ1v) is 8.81. The van der Waals surface area contributed by atoms with Gasteiger partial charge in [0.2, 0.25) is 0 Å². The quantitative estimate of drug-likeness (QED) is 0.820. The molecule has 1 fully saturated rings. The number of carbonyl (C=O) groups is 1. The average Bonchev–Trinajstić information content (AvgIpc) is 3.08. The van der Waals surface area contributed by atoms with E-state index in [2.05, 4.69) is 10.3 Å². The summed E-state index contributed by atoms with van der Waals surface area (Å²) in [5.41, 5.74) is 5.62. The van der Waals surface area contributed by atoms with Gasteiger partial charge in [0.1, 0.15) is 23.1 Å². The minimum atomic E-state index is -0.733. The third-order valence-corrected chi connectivity index (χ3v) is 5.48. The third-order valence-electron chi connectivity index (χ3n) is 4.62. The van der Waals surface area contributed by atoms with Crippen molar-refractivity contribution < 1.29 is 13.6 Å². The number of fused-ring (bicyclic) bond motifs is 1. The molecule has 3 heterocycles. The average molecular weight is 362 g/mol. The number of hydrogen-bond donors (Lipinski definition) is 2. The third kappa shape index (κ3) is 2.76. The molecule has 0 atom stereocenters. The molecule has 3 N–H and O–H groups in total. The van der Waals surface area contributed by atoms with Crippen LogP contribution in [0, 0.1) is 11.6 Å². The maximum absolute atomic E-state index is 14.0. The predicted molar refractivity (Wildman–Crippen MR) is 92.9 cm³/mol. The number of likely N-dealkylation sites (tertiary alicyclic amines) is 1. The highest BCUT2D eigenvalue weighted by atomic mass is 32.1. The normalized spacial score (nSPS) is 18.5. The molecule has 1 aromatic carbocycles. The van der Waals surface area contributed by atoms with E-state index in [1.807, 2.05) is 11.4 Å². The monoisotopic (exact) mass is 362 g/mol. The number of rotatable bonds is 1. The molecule has 0 radical (unpaired) electrons. The summed E-state index contributed by atoms with van der Waals surface area (Å²) in [5, 5.41) is 5.00. The van der Waals surface area contributed by atoms with Gasteiger partial charge in [-0.1, -0.05) is 6.07 Å². The Morgan fingerprint density at radius 3 is 2.76 bits per heavy atom. The van der Waals surface area contributed by atoms with Crippen LogP contribution in [0.2, 0.25) is 0 Å². The molecule has 1 amide bonds. The number of benzene rings is 1. The molecule has 0 aliphatic carbocycles. The van der Waals surface area contributed by atoms with Gasteiger partial charge >= 0.3 is 0 Å². The Balaban J connectivity index is 1.56. The number of nitrogens with two attached hydrogens (primary N) is 1. The minimum Gasteiger partial charge on any atom is -0.383 e. The number of amides is 1. The summed E-state index contributed by atoms with van der Waals surface area (Å²) >= 11 is 1.41. The van der Waals surface area contributed by atoms with Gasteiger partial charge in [-0.15, -0.1) is 11.3 Å². The second-order valence-electron chi connectivity index (χ2n) is 6.23. The molecule has 130 valence electrons.